The molecule has 33 heavy (non-hydrogen) atoms. The van der Waals surface area contributed by atoms with E-state index in [0.717, 1.165) is 6.42 Å². The molecule has 194 valence electrons. The van der Waals surface area contributed by atoms with Crippen molar-refractivity contribution >= 4 is 0 Å². The molecule has 0 radical (unpaired) electrons. The zero-order valence-electron chi connectivity index (χ0n) is 20.0. The lowest BCUT2D eigenvalue weighted by molar-refractivity contribution is -0.307. The maximum atomic E-state index is 11.1. The number of likely N-dealkylation sites (N-methyl/N-ethyl adjacent to an activating group) is 2. The molecule has 12 heteroatoms. The van der Waals surface area contributed by atoms with Gasteiger partial charge in [-0.2, -0.15) is 0 Å². The van der Waals surface area contributed by atoms with Crippen LogP contribution >= 0.6 is 0 Å². The highest BCUT2D eigenvalue weighted by Gasteiger charge is 2.50. The summed E-state index contributed by atoms with van der Waals surface area (Å²) in [5.74, 6) is 0. The fourth-order valence-electron chi connectivity index (χ4n) is 5.04. The van der Waals surface area contributed by atoms with E-state index in [4.69, 9.17) is 36.1 Å². The lowest BCUT2D eigenvalue weighted by Gasteiger charge is -2.48. The Morgan fingerprint density at radius 1 is 0.970 bits per heavy atom. The van der Waals surface area contributed by atoms with Gasteiger partial charge in [0.15, 0.2) is 12.6 Å². The normalized spacial score (nSPS) is 50.2. The fraction of sp³-hybridized carbons (Fsp3) is 1.00. The first-order valence-corrected chi connectivity index (χ1v) is 11.8. The first kappa shape index (κ1) is 27.1. The number of rotatable bonds is 7. The molecule has 2 aliphatic heterocycles. The molecule has 2 heterocycles. The van der Waals surface area contributed by atoms with E-state index in [-0.39, 0.29) is 24.8 Å². The first-order chi connectivity index (χ1) is 15.5. The molecule has 0 amide bonds. The predicted molar refractivity (Wildman–Crippen MR) is 120 cm³/mol. The summed E-state index contributed by atoms with van der Waals surface area (Å²) in [5.41, 5.74) is 17.5. The number of aliphatic hydroxyl groups excluding tert-OH is 2. The summed E-state index contributed by atoms with van der Waals surface area (Å²) in [7, 11) is 3.49. The van der Waals surface area contributed by atoms with Crippen LogP contribution in [0.5, 0.6) is 0 Å². The van der Waals surface area contributed by atoms with Gasteiger partial charge in [0, 0.05) is 18.1 Å². The SMILES string of the molecule is CNC(C)C1CC[C@@H](N)[C@@H](O[C@H]2[C@H](O)[C@@H](OC3OC[C@](C)(O)[C@H](NC)[C@H]3O)[C@H](N)C[C@@H]2N)O1. The van der Waals surface area contributed by atoms with Crippen LogP contribution in [-0.4, -0.2) is 115 Å². The van der Waals surface area contributed by atoms with Crippen molar-refractivity contribution in [2.45, 2.75) is 112 Å². The molecule has 13 atom stereocenters. The van der Waals surface area contributed by atoms with Gasteiger partial charge in [0.1, 0.15) is 30.0 Å². The molecule has 1 saturated carbocycles. The third-order valence-corrected chi connectivity index (χ3v) is 7.24. The van der Waals surface area contributed by atoms with Crippen LogP contribution in [0.1, 0.15) is 33.1 Å². The van der Waals surface area contributed by atoms with Gasteiger partial charge in [0.2, 0.25) is 0 Å². The lowest BCUT2D eigenvalue weighted by Crippen LogP contribution is -2.68. The second-order valence-corrected chi connectivity index (χ2v) is 9.91. The number of ether oxygens (including phenoxy) is 4. The Hall–Kier alpha value is -0.480. The fourth-order valence-corrected chi connectivity index (χ4v) is 5.04. The Bertz CT molecular complexity index is 632. The third-order valence-electron chi connectivity index (χ3n) is 7.24. The van der Waals surface area contributed by atoms with Crippen molar-refractivity contribution < 1.29 is 34.3 Å². The topological polar surface area (TPSA) is 200 Å². The average molecular weight is 478 g/mol. The highest BCUT2D eigenvalue weighted by molar-refractivity contribution is 5.02. The second kappa shape index (κ2) is 11.1. The Morgan fingerprint density at radius 2 is 1.58 bits per heavy atom. The molecule has 0 aromatic rings. The molecule has 3 rings (SSSR count). The molecule has 3 fully saturated rings. The van der Waals surface area contributed by atoms with Crippen molar-refractivity contribution in [2.75, 3.05) is 20.7 Å². The lowest BCUT2D eigenvalue weighted by atomic mass is 9.84. The molecule has 11 N–H and O–H groups in total. The average Bonchev–Trinajstić information content (AvgIpc) is 2.76. The number of hydrogen-bond donors (Lipinski definition) is 8. The molecular weight excluding hydrogens is 434 g/mol. The second-order valence-electron chi connectivity index (χ2n) is 9.91. The van der Waals surface area contributed by atoms with Gasteiger partial charge in [-0.1, -0.05) is 0 Å². The number of nitrogens with two attached hydrogens (primary N) is 3. The maximum absolute atomic E-state index is 11.1. The summed E-state index contributed by atoms with van der Waals surface area (Å²) >= 11 is 0. The minimum atomic E-state index is -1.29. The Balaban J connectivity index is 1.68. The highest BCUT2D eigenvalue weighted by atomic mass is 16.7. The predicted octanol–water partition coefficient (Wildman–Crippen LogP) is -3.33. The van der Waals surface area contributed by atoms with Gasteiger partial charge >= 0.3 is 0 Å². The minimum absolute atomic E-state index is 0.0620. The van der Waals surface area contributed by atoms with E-state index in [0.29, 0.717) is 12.8 Å². The molecule has 0 bridgehead atoms. The van der Waals surface area contributed by atoms with Gasteiger partial charge in [-0.25, -0.2) is 0 Å². The molecule has 2 saturated heterocycles. The smallest absolute Gasteiger partial charge is 0.185 e. The summed E-state index contributed by atoms with van der Waals surface area (Å²) in [5, 5.41) is 38.3. The van der Waals surface area contributed by atoms with Gasteiger partial charge in [0.25, 0.3) is 0 Å². The van der Waals surface area contributed by atoms with Crippen molar-refractivity contribution in [3.63, 3.8) is 0 Å². The molecule has 0 spiro atoms. The van der Waals surface area contributed by atoms with Crippen LogP contribution in [0, 0.1) is 0 Å². The zero-order chi connectivity index (χ0) is 24.5. The van der Waals surface area contributed by atoms with Gasteiger partial charge < -0.3 is 62.1 Å². The first-order valence-electron chi connectivity index (χ1n) is 11.8. The van der Waals surface area contributed by atoms with Gasteiger partial charge in [0.05, 0.1) is 24.8 Å². The van der Waals surface area contributed by atoms with E-state index in [1.807, 2.05) is 14.0 Å². The van der Waals surface area contributed by atoms with Crippen molar-refractivity contribution in [3.05, 3.63) is 0 Å². The number of nitrogens with one attached hydrogen (secondary N) is 2. The Morgan fingerprint density at radius 3 is 2.15 bits per heavy atom. The van der Waals surface area contributed by atoms with Crippen LogP contribution in [0.25, 0.3) is 0 Å². The number of aliphatic hydroxyl groups is 3. The van der Waals surface area contributed by atoms with E-state index >= 15 is 0 Å². The molecule has 0 aromatic heterocycles. The molecule has 0 aromatic carbocycles. The van der Waals surface area contributed by atoms with Crippen molar-refractivity contribution in [1.29, 1.82) is 0 Å². The zero-order valence-corrected chi connectivity index (χ0v) is 20.0. The number of hydrogen-bond acceptors (Lipinski definition) is 12. The van der Waals surface area contributed by atoms with E-state index in [9.17, 15) is 15.3 Å². The minimum Gasteiger partial charge on any atom is -0.388 e. The molecule has 1 aliphatic carbocycles. The van der Waals surface area contributed by atoms with E-state index < -0.39 is 60.7 Å². The van der Waals surface area contributed by atoms with Crippen molar-refractivity contribution in [3.8, 4) is 0 Å². The summed E-state index contributed by atoms with van der Waals surface area (Å²) in [6, 6.07) is -2.11. The Labute approximate surface area is 195 Å². The van der Waals surface area contributed by atoms with E-state index in [1.54, 1.807) is 14.0 Å². The van der Waals surface area contributed by atoms with Crippen molar-refractivity contribution in [1.82, 2.24) is 10.6 Å². The molecule has 3 aliphatic rings. The van der Waals surface area contributed by atoms with Crippen LogP contribution in [-0.2, 0) is 18.9 Å². The summed E-state index contributed by atoms with van der Waals surface area (Å²) in [6.45, 7) is 3.52. The van der Waals surface area contributed by atoms with Crippen LogP contribution in [0.3, 0.4) is 0 Å². The summed E-state index contributed by atoms with van der Waals surface area (Å²) in [4.78, 5) is 0. The van der Waals surface area contributed by atoms with Crippen LogP contribution in [0.2, 0.25) is 0 Å². The van der Waals surface area contributed by atoms with Gasteiger partial charge in [-0.3, -0.25) is 0 Å². The third kappa shape index (κ3) is 5.85. The maximum Gasteiger partial charge on any atom is 0.185 e. The van der Waals surface area contributed by atoms with Crippen molar-refractivity contribution in [2.24, 2.45) is 17.2 Å². The monoisotopic (exact) mass is 477 g/mol. The van der Waals surface area contributed by atoms with E-state index in [2.05, 4.69) is 10.6 Å². The van der Waals surface area contributed by atoms with Crippen LogP contribution in [0.4, 0.5) is 0 Å². The quantitative estimate of drug-likeness (QED) is 0.182. The highest BCUT2D eigenvalue weighted by Crippen LogP contribution is 2.31. The van der Waals surface area contributed by atoms with Gasteiger partial charge in [-0.15, -0.1) is 0 Å². The summed E-state index contributed by atoms with van der Waals surface area (Å²) in [6.07, 6.45) is -4.22. The molecular formula is C21H43N5O7. The molecule has 12 nitrogen and oxygen atoms in total. The standard InChI is InChI=1S/C21H43N5O7/c1-9(25-3)13-6-5-10(22)19(31-13)32-16-11(23)7-12(24)17(14(16)27)33-20-15(28)18(26-4)21(2,29)8-30-20/h9-20,25-29H,5-8,22-24H2,1-4H3/t9?,10-,11+,12-,13?,14+,15-,16-,17+,18-,19-,20?,21+/m1/s1. The van der Waals surface area contributed by atoms with Crippen LogP contribution in [0.15, 0.2) is 0 Å². The molecule has 3 unspecified atom stereocenters. The Kier molecular flexibility index (Phi) is 9.09. The van der Waals surface area contributed by atoms with Gasteiger partial charge in [-0.05, 0) is 47.2 Å². The van der Waals surface area contributed by atoms with E-state index in [1.165, 1.54) is 0 Å². The summed E-state index contributed by atoms with van der Waals surface area (Å²) < 4.78 is 23.7. The van der Waals surface area contributed by atoms with Crippen LogP contribution < -0.4 is 27.8 Å². The largest absolute Gasteiger partial charge is 0.388 e.